The maximum atomic E-state index is 5.42. The van der Waals surface area contributed by atoms with Crippen molar-refractivity contribution in [2.75, 3.05) is 13.7 Å². The Morgan fingerprint density at radius 2 is 2.20 bits per heavy atom. The van der Waals surface area contributed by atoms with E-state index in [-0.39, 0.29) is 6.23 Å². The van der Waals surface area contributed by atoms with Crippen LogP contribution in [0.5, 0.6) is 5.75 Å². The average Bonchev–Trinajstić information content (AvgIpc) is 2.31. The lowest BCUT2D eigenvalue weighted by atomic mass is 10.1. The highest BCUT2D eigenvalue weighted by Crippen LogP contribution is 2.13. The van der Waals surface area contributed by atoms with Crippen LogP contribution in [0.2, 0.25) is 0 Å². The molecule has 1 aromatic carbocycles. The Labute approximate surface area is 89.7 Å². The van der Waals surface area contributed by atoms with Gasteiger partial charge in [0, 0.05) is 13.0 Å². The first-order valence-electron chi connectivity index (χ1n) is 5.05. The Morgan fingerprint density at radius 3 is 2.80 bits per heavy atom. The summed E-state index contributed by atoms with van der Waals surface area (Å²) in [6.07, 6.45) is 4.67. The van der Waals surface area contributed by atoms with E-state index in [0.29, 0.717) is 0 Å². The van der Waals surface area contributed by atoms with Crippen molar-refractivity contribution in [2.45, 2.75) is 12.6 Å². The minimum atomic E-state index is 0.0865. The van der Waals surface area contributed by atoms with Crippen molar-refractivity contribution in [1.82, 2.24) is 5.32 Å². The Morgan fingerprint density at radius 1 is 1.40 bits per heavy atom. The van der Waals surface area contributed by atoms with E-state index in [1.807, 2.05) is 18.2 Å². The van der Waals surface area contributed by atoms with Gasteiger partial charge in [0.25, 0.3) is 0 Å². The van der Waals surface area contributed by atoms with Crippen molar-refractivity contribution in [3.63, 3.8) is 0 Å². The number of rotatable bonds is 3. The molecule has 2 rings (SSSR count). The van der Waals surface area contributed by atoms with E-state index < -0.39 is 0 Å². The number of benzene rings is 1. The highest BCUT2D eigenvalue weighted by molar-refractivity contribution is 5.27. The quantitative estimate of drug-likeness (QED) is 0.814. The van der Waals surface area contributed by atoms with Gasteiger partial charge in [0.15, 0.2) is 6.23 Å². The van der Waals surface area contributed by atoms with Crippen molar-refractivity contribution in [3.8, 4) is 5.75 Å². The molecule has 1 aliphatic rings. The van der Waals surface area contributed by atoms with E-state index >= 15 is 0 Å². The lowest BCUT2D eigenvalue weighted by Crippen LogP contribution is -2.35. The van der Waals surface area contributed by atoms with Gasteiger partial charge in [-0.05, 0) is 23.8 Å². The zero-order chi connectivity index (χ0) is 10.5. The fraction of sp³-hybridized carbons (Fsp3) is 0.333. The molecule has 1 heterocycles. The molecule has 0 radical (unpaired) electrons. The first kappa shape index (κ1) is 10.1. The van der Waals surface area contributed by atoms with Gasteiger partial charge in [-0.15, -0.1) is 0 Å². The van der Waals surface area contributed by atoms with Crippen molar-refractivity contribution < 1.29 is 9.47 Å². The second-order valence-corrected chi connectivity index (χ2v) is 3.46. The van der Waals surface area contributed by atoms with Gasteiger partial charge in [-0.25, -0.2) is 0 Å². The number of methoxy groups -OCH3 is 1. The molecule has 1 aliphatic heterocycles. The summed E-state index contributed by atoms with van der Waals surface area (Å²) in [4.78, 5) is 0. The van der Waals surface area contributed by atoms with Crippen molar-refractivity contribution in [2.24, 2.45) is 0 Å². The van der Waals surface area contributed by atoms with E-state index in [1.54, 1.807) is 13.4 Å². The molecule has 0 aromatic heterocycles. The van der Waals surface area contributed by atoms with Crippen LogP contribution in [-0.4, -0.2) is 19.9 Å². The molecule has 3 heteroatoms. The normalized spacial score (nSPS) is 19.7. The third kappa shape index (κ3) is 2.73. The van der Waals surface area contributed by atoms with Gasteiger partial charge in [-0.3, -0.25) is 5.32 Å². The summed E-state index contributed by atoms with van der Waals surface area (Å²) >= 11 is 0. The maximum absolute atomic E-state index is 5.42. The van der Waals surface area contributed by atoms with Crippen LogP contribution >= 0.6 is 0 Å². The zero-order valence-electron chi connectivity index (χ0n) is 8.77. The third-order valence-corrected chi connectivity index (χ3v) is 2.38. The molecule has 0 spiro atoms. The monoisotopic (exact) mass is 205 g/mol. The van der Waals surface area contributed by atoms with Gasteiger partial charge in [0.2, 0.25) is 0 Å². The van der Waals surface area contributed by atoms with Crippen molar-refractivity contribution >= 4 is 0 Å². The fourth-order valence-corrected chi connectivity index (χ4v) is 1.54. The Balaban J connectivity index is 1.95. The topological polar surface area (TPSA) is 30.5 Å². The molecule has 0 amide bonds. The summed E-state index contributed by atoms with van der Waals surface area (Å²) in [6.45, 7) is 0.876. The van der Waals surface area contributed by atoms with Crippen LogP contribution in [0.3, 0.4) is 0 Å². The van der Waals surface area contributed by atoms with Gasteiger partial charge in [-0.1, -0.05) is 12.1 Å². The van der Waals surface area contributed by atoms with E-state index in [1.165, 1.54) is 5.56 Å². The summed E-state index contributed by atoms with van der Waals surface area (Å²) in [5.74, 6) is 0.885. The second kappa shape index (κ2) is 4.84. The van der Waals surface area contributed by atoms with Gasteiger partial charge in [0.05, 0.1) is 13.4 Å². The summed E-state index contributed by atoms with van der Waals surface area (Å²) in [5.41, 5.74) is 1.24. The number of hydrogen-bond acceptors (Lipinski definition) is 3. The maximum Gasteiger partial charge on any atom is 0.153 e. The lowest BCUT2D eigenvalue weighted by Gasteiger charge is -2.20. The number of ether oxygens (including phenoxy) is 2. The molecule has 15 heavy (non-hydrogen) atoms. The molecular weight excluding hydrogens is 190 g/mol. The first-order valence-corrected chi connectivity index (χ1v) is 5.05. The van der Waals surface area contributed by atoms with Crippen LogP contribution in [0, 0.1) is 0 Å². The van der Waals surface area contributed by atoms with Crippen molar-refractivity contribution in [1.29, 1.82) is 0 Å². The fourth-order valence-electron chi connectivity index (χ4n) is 1.54. The average molecular weight is 205 g/mol. The Hall–Kier alpha value is -1.48. The number of nitrogens with one attached hydrogen (secondary N) is 1. The molecule has 1 unspecified atom stereocenters. The summed E-state index contributed by atoms with van der Waals surface area (Å²) in [5, 5.41) is 3.26. The van der Waals surface area contributed by atoms with Gasteiger partial charge >= 0.3 is 0 Å². The molecule has 1 aromatic rings. The minimum Gasteiger partial charge on any atom is -0.497 e. The predicted octanol–water partition coefficient (Wildman–Crippen LogP) is 1.70. The summed E-state index contributed by atoms with van der Waals surface area (Å²) in [6, 6.07) is 8.05. The van der Waals surface area contributed by atoms with E-state index in [0.717, 1.165) is 18.7 Å². The van der Waals surface area contributed by atoms with Crippen molar-refractivity contribution in [3.05, 3.63) is 42.2 Å². The Kier molecular flexibility index (Phi) is 3.25. The first-order chi connectivity index (χ1) is 7.38. The standard InChI is InChI=1S/C12H15NO2/c1-14-11-5-3-10(4-6-11)9-12-13-7-2-8-15-12/h2-6,8,12-13H,7,9H2,1H3. The summed E-state index contributed by atoms with van der Waals surface area (Å²) in [7, 11) is 1.67. The molecule has 0 bridgehead atoms. The molecule has 0 aliphatic carbocycles. The highest BCUT2D eigenvalue weighted by Gasteiger charge is 2.10. The number of hydrogen-bond donors (Lipinski definition) is 1. The molecule has 0 saturated heterocycles. The summed E-state index contributed by atoms with van der Waals surface area (Å²) < 4.78 is 10.5. The van der Waals surface area contributed by atoms with Crippen LogP contribution in [0.25, 0.3) is 0 Å². The van der Waals surface area contributed by atoms with Crippen LogP contribution in [0.4, 0.5) is 0 Å². The minimum absolute atomic E-state index is 0.0865. The van der Waals surface area contributed by atoms with Gasteiger partial charge < -0.3 is 9.47 Å². The molecule has 1 atom stereocenters. The van der Waals surface area contributed by atoms with Crippen LogP contribution in [0.1, 0.15) is 5.56 Å². The third-order valence-electron chi connectivity index (χ3n) is 2.38. The molecule has 0 fully saturated rings. The molecule has 0 saturated carbocycles. The zero-order valence-corrected chi connectivity index (χ0v) is 8.77. The second-order valence-electron chi connectivity index (χ2n) is 3.46. The van der Waals surface area contributed by atoms with Crippen LogP contribution in [-0.2, 0) is 11.2 Å². The molecule has 1 N–H and O–H groups in total. The smallest absolute Gasteiger partial charge is 0.153 e. The lowest BCUT2D eigenvalue weighted by molar-refractivity contribution is 0.103. The van der Waals surface area contributed by atoms with E-state index in [9.17, 15) is 0 Å². The highest BCUT2D eigenvalue weighted by atomic mass is 16.5. The molecule has 3 nitrogen and oxygen atoms in total. The van der Waals surface area contributed by atoms with Gasteiger partial charge in [-0.2, -0.15) is 0 Å². The predicted molar refractivity (Wildman–Crippen MR) is 58.7 cm³/mol. The van der Waals surface area contributed by atoms with Crippen LogP contribution in [0.15, 0.2) is 36.6 Å². The molecule has 80 valence electrons. The Bertz CT molecular complexity index is 332. The van der Waals surface area contributed by atoms with E-state index in [2.05, 4.69) is 17.4 Å². The SMILES string of the molecule is COc1ccc(CC2NCC=CO2)cc1. The van der Waals surface area contributed by atoms with E-state index in [4.69, 9.17) is 9.47 Å². The van der Waals surface area contributed by atoms with Crippen LogP contribution < -0.4 is 10.1 Å². The van der Waals surface area contributed by atoms with Gasteiger partial charge in [0.1, 0.15) is 5.75 Å². The largest absolute Gasteiger partial charge is 0.497 e. The molecular formula is C12H15NO2.